The first-order valence-corrected chi connectivity index (χ1v) is 6.18. The van der Waals surface area contributed by atoms with E-state index in [9.17, 15) is 0 Å². The van der Waals surface area contributed by atoms with Gasteiger partial charge in [-0.2, -0.15) is 5.26 Å². The Balaban J connectivity index is 2.38. The van der Waals surface area contributed by atoms with Crippen LogP contribution in [0.1, 0.15) is 33.1 Å². The standard InChI is InChI=1S/C13H24N2O/c1-13(2)11-15(8-4-10-16-3)9-6-12(13)5-7-14/h12H,4-6,8-11H2,1-3H3. The van der Waals surface area contributed by atoms with Gasteiger partial charge in [0.15, 0.2) is 0 Å². The number of hydrogen-bond donors (Lipinski definition) is 0. The van der Waals surface area contributed by atoms with E-state index in [2.05, 4.69) is 24.8 Å². The molecule has 1 rings (SSSR count). The van der Waals surface area contributed by atoms with Crippen LogP contribution in [0.5, 0.6) is 0 Å². The Hall–Kier alpha value is -0.590. The fraction of sp³-hybridized carbons (Fsp3) is 0.923. The van der Waals surface area contributed by atoms with Gasteiger partial charge in [0.2, 0.25) is 0 Å². The number of hydrogen-bond acceptors (Lipinski definition) is 3. The SMILES string of the molecule is COCCCN1CCC(CC#N)C(C)(C)C1. The Morgan fingerprint density at radius 2 is 2.25 bits per heavy atom. The Kier molecular flexibility index (Phi) is 5.24. The van der Waals surface area contributed by atoms with Crippen molar-refractivity contribution in [3.05, 3.63) is 0 Å². The van der Waals surface area contributed by atoms with Crippen LogP contribution < -0.4 is 0 Å². The van der Waals surface area contributed by atoms with Crippen LogP contribution in [0.4, 0.5) is 0 Å². The third-order valence-electron chi connectivity index (χ3n) is 3.69. The van der Waals surface area contributed by atoms with E-state index < -0.39 is 0 Å². The summed E-state index contributed by atoms with van der Waals surface area (Å²) in [7, 11) is 1.75. The van der Waals surface area contributed by atoms with Gasteiger partial charge in [0.1, 0.15) is 0 Å². The maximum absolute atomic E-state index is 8.81. The van der Waals surface area contributed by atoms with E-state index in [1.54, 1.807) is 7.11 Å². The van der Waals surface area contributed by atoms with Gasteiger partial charge in [0.05, 0.1) is 6.07 Å². The molecule has 0 aromatic rings. The van der Waals surface area contributed by atoms with Gasteiger partial charge < -0.3 is 9.64 Å². The zero-order chi connectivity index (χ0) is 12.0. The van der Waals surface area contributed by atoms with Crippen molar-refractivity contribution in [3.8, 4) is 6.07 Å². The number of ether oxygens (including phenoxy) is 1. The Morgan fingerprint density at radius 1 is 1.50 bits per heavy atom. The van der Waals surface area contributed by atoms with Crippen LogP contribution in [-0.4, -0.2) is 38.3 Å². The highest BCUT2D eigenvalue weighted by atomic mass is 16.5. The molecule has 1 unspecified atom stereocenters. The lowest BCUT2D eigenvalue weighted by atomic mass is 9.72. The highest BCUT2D eigenvalue weighted by Crippen LogP contribution is 2.36. The average Bonchev–Trinajstić information content (AvgIpc) is 2.22. The van der Waals surface area contributed by atoms with Gasteiger partial charge in [-0.05, 0) is 30.7 Å². The van der Waals surface area contributed by atoms with Crippen LogP contribution in [0.25, 0.3) is 0 Å². The molecule has 0 aromatic carbocycles. The van der Waals surface area contributed by atoms with Gasteiger partial charge in [-0.15, -0.1) is 0 Å². The van der Waals surface area contributed by atoms with Gasteiger partial charge in [-0.1, -0.05) is 13.8 Å². The van der Waals surface area contributed by atoms with E-state index in [1.165, 1.54) is 0 Å². The maximum Gasteiger partial charge on any atom is 0.0624 e. The summed E-state index contributed by atoms with van der Waals surface area (Å²) in [4.78, 5) is 2.51. The zero-order valence-electron chi connectivity index (χ0n) is 10.8. The topological polar surface area (TPSA) is 36.3 Å². The van der Waals surface area contributed by atoms with Gasteiger partial charge in [-0.25, -0.2) is 0 Å². The van der Waals surface area contributed by atoms with Crippen LogP contribution >= 0.6 is 0 Å². The summed E-state index contributed by atoms with van der Waals surface area (Å²) in [5, 5.41) is 8.81. The number of rotatable bonds is 5. The Bertz CT molecular complexity index is 245. The largest absolute Gasteiger partial charge is 0.385 e. The van der Waals surface area contributed by atoms with Crippen molar-refractivity contribution in [1.82, 2.24) is 4.90 Å². The number of piperidine rings is 1. The molecule has 0 N–H and O–H groups in total. The minimum absolute atomic E-state index is 0.279. The summed E-state index contributed by atoms with van der Waals surface area (Å²) in [5.74, 6) is 0.566. The smallest absolute Gasteiger partial charge is 0.0624 e. The summed E-state index contributed by atoms with van der Waals surface area (Å²) in [6, 6.07) is 2.32. The zero-order valence-corrected chi connectivity index (χ0v) is 10.8. The van der Waals surface area contributed by atoms with Crippen molar-refractivity contribution in [2.24, 2.45) is 11.3 Å². The van der Waals surface area contributed by atoms with Crippen molar-refractivity contribution in [2.45, 2.75) is 33.1 Å². The van der Waals surface area contributed by atoms with Crippen LogP contribution in [0, 0.1) is 22.7 Å². The monoisotopic (exact) mass is 224 g/mol. The molecule has 0 saturated carbocycles. The summed E-state index contributed by atoms with van der Waals surface area (Å²) < 4.78 is 5.07. The Morgan fingerprint density at radius 3 is 2.81 bits per heavy atom. The van der Waals surface area contributed by atoms with Gasteiger partial charge >= 0.3 is 0 Å². The molecule has 1 atom stereocenters. The number of nitrogens with zero attached hydrogens (tertiary/aromatic N) is 2. The van der Waals surface area contributed by atoms with Crippen LogP contribution in [0.2, 0.25) is 0 Å². The molecule has 1 heterocycles. The minimum Gasteiger partial charge on any atom is -0.385 e. The van der Waals surface area contributed by atoms with Crippen LogP contribution in [0.15, 0.2) is 0 Å². The molecule has 1 saturated heterocycles. The first-order chi connectivity index (χ1) is 7.60. The summed E-state index contributed by atoms with van der Waals surface area (Å²) >= 11 is 0. The third kappa shape index (κ3) is 3.77. The van der Waals surface area contributed by atoms with E-state index in [0.29, 0.717) is 12.3 Å². The lowest BCUT2D eigenvalue weighted by Gasteiger charge is -2.43. The van der Waals surface area contributed by atoms with Gasteiger partial charge in [0, 0.05) is 33.2 Å². The van der Waals surface area contributed by atoms with Crippen molar-refractivity contribution in [1.29, 1.82) is 5.26 Å². The lowest BCUT2D eigenvalue weighted by Crippen LogP contribution is -2.46. The van der Waals surface area contributed by atoms with E-state index in [-0.39, 0.29) is 5.41 Å². The van der Waals surface area contributed by atoms with Crippen molar-refractivity contribution in [3.63, 3.8) is 0 Å². The Labute approximate surface area is 99.4 Å². The molecule has 0 amide bonds. The number of likely N-dealkylation sites (tertiary alicyclic amines) is 1. The average molecular weight is 224 g/mol. The number of methoxy groups -OCH3 is 1. The molecule has 0 spiro atoms. The molecule has 0 aromatic heterocycles. The van der Waals surface area contributed by atoms with E-state index in [4.69, 9.17) is 10.00 Å². The fourth-order valence-corrected chi connectivity index (χ4v) is 2.63. The predicted molar refractivity (Wildman–Crippen MR) is 65.1 cm³/mol. The second kappa shape index (κ2) is 6.22. The molecule has 1 aliphatic heterocycles. The van der Waals surface area contributed by atoms with E-state index >= 15 is 0 Å². The molecule has 16 heavy (non-hydrogen) atoms. The maximum atomic E-state index is 8.81. The molecule has 1 fully saturated rings. The molecule has 0 radical (unpaired) electrons. The molecule has 1 aliphatic rings. The normalized spacial score (nSPS) is 25.2. The summed E-state index contributed by atoms with van der Waals surface area (Å²) in [6.45, 7) is 8.80. The minimum atomic E-state index is 0.279. The molecular weight excluding hydrogens is 200 g/mol. The highest BCUT2D eigenvalue weighted by Gasteiger charge is 2.35. The quantitative estimate of drug-likeness (QED) is 0.672. The van der Waals surface area contributed by atoms with Crippen molar-refractivity contribution < 1.29 is 4.74 Å². The van der Waals surface area contributed by atoms with Gasteiger partial charge in [-0.3, -0.25) is 0 Å². The van der Waals surface area contributed by atoms with E-state index in [0.717, 1.165) is 39.1 Å². The first kappa shape index (κ1) is 13.5. The molecular formula is C13H24N2O. The highest BCUT2D eigenvalue weighted by molar-refractivity contribution is 4.91. The number of nitriles is 1. The van der Waals surface area contributed by atoms with E-state index in [1.807, 2.05) is 0 Å². The first-order valence-electron chi connectivity index (χ1n) is 6.18. The molecule has 3 heteroatoms. The van der Waals surface area contributed by atoms with Gasteiger partial charge in [0.25, 0.3) is 0 Å². The molecule has 92 valence electrons. The van der Waals surface area contributed by atoms with Crippen molar-refractivity contribution >= 4 is 0 Å². The molecule has 0 bridgehead atoms. The van der Waals surface area contributed by atoms with Crippen LogP contribution in [-0.2, 0) is 4.74 Å². The van der Waals surface area contributed by atoms with Crippen molar-refractivity contribution in [2.75, 3.05) is 33.4 Å². The predicted octanol–water partition coefficient (Wildman–Crippen LogP) is 2.28. The second-order valence-electron chi connectivity index (χ2n) is 5.46. The lowest BCUT2D eigenvalue weighted by molar-refractivity contribution is 0.0515. The second-order valence-corrected chi connectivity index (χ2v) is 5.46. The molecule has 0 aliphatic carbocycles. The fourth-order valence-electron chi connectivity index (χ4n) is 2.63. The third-order valence-corrected chi connectivity index (χ3v) is 3.69. The molecule has 3 nitrogen and oxygen atoms in total. The summed E-state index contributed by atoms with van der Waals surface area (Å²) in [5.41, 5.74) is 0.279. The summed E-state index contributed by atoms with van der Waals surface area (Å²) in [6.07, 6.45) is 2.97. The van der Waals surface area contributed by atoms with Crippen LogP contribution in [0.3, 0.4) is 0 Å².